The Morgan fingerprint density at radius 2 is 2.03 bits per heavy atom. The van der Waals surface area contributed by atoms with Crippen molar-refractivity contribution in [3.05, 3.63) is 28.9 Å². The second kappa shape index (κ2) is 10.1. The maximum atomic E-state index is 12.0. The number of nitrogens with zero attached hydrogens (tertiary/aromatic N) is 3. The van der Waals surface area contributed by atoms with E-state index in [0.717, 1.165) is 41.1 Å². The Bertz CT molecular complexity index is 812. The van der Waals surface area contributed by atoms with E-state index in [0.29, 0.717) is 12.3 Å². The van der Waals surface area contributed by atoms with E-state index in [1.165, 1.54) is 19.3 Å². The standard InChI is InChI=1S/C21H29BrN4O3/c1-15(2)29-21(27)24-16-7-8-19(28-12-11-26-9-5-4-6-10-26)17(13-16)20-18(22)14-23-25(20)3/h7-8,13-15H,4-6,9-12H2,1-3H3,(H,24,27). The van der Waals surface area contributed by atoms with Gasteiger partial charge in [0.2, 0.25) is 0 Å². The van der Waals surface area contributed by atoms with Gasteiger partial charge in [-0.05, 0) is 73.9 Å². The fourth-order valence-corrected chi connectivity index (χ4v) is 4.02. The lowest BCUT2D eigenvalue weighted by atomic mass is 10.1. The number of hydrogen-bond acceptors (Lipinski definition) is 5. The Labute approximate surface area is 180 Å². The highest BCUT2D eigenvalue weighted by atomic mass is 79.9. The average molecular weight is 465 g/mol. The molecule has 158 valence electrons. The van der Waals surface area contributed by atoms with Crippen LogP contribution >= 0.6 is 15.9 Å². The Morgan fingerprint density at radius 3 is 2.69 bits per heavy atom. The molecule has 1 aliphatic rings. The number of anilines is 1. The van der Waals surface area contributed by atoms with Crippen LogP contribution in [0, 0.1) is 0 Å². The van der Waals surface area contributed by atoms with Gasteiger partial charge in [-0.1, -0.05) is 6.42 Å². The van der Waals surface area contributed by atoms with E-state index >= 15 is 0 Å². The van der Waals surface area contributed by atoms with E-state index in [-0.39, 0.29) is 6.10 Å². The molecular formula is C21H29BrN4O3. The van der Waals surface area contributed by atoms with Crippen LogP contribution in [0.15, 0.2) is 28.9 Å². The summed E-state index contributed by atoms with van der Waals surface area (Å²) in [6.45, 7) is 7.44. The third-order valence-corrected chi connectivity index (χ3v) is 5.41. The SMILES string of the molecule is CC(C)OC(=O)Nc1ccc(OCCN2CCCCC2)c(-c2c(Br)cnn2C)c1. The monoisotopic (exact) mass is 464 g/mol. The highest BCUT2D eigenvalue weighted by Gasteiger charge is 2.17. The van der Waals surface area contributed by atoms with Crippen LogP contribution in [0.4, 0.5) is 10.5 Å². The quantitative estimate of drug-likeness (QED) is 0.644. The molecule has 1 aromatic heterocycles. The van der Waals surface area contributed by atoms with Crippen LogP contribution in [-0.4, -0.2) is 53.1 Å². The number of piperidine rings is 1. The van der Waals surface area contributed by atoms with Crippen LogP contribution in [-0.2, 0) is 11.8 Å². The van der Waals surface area contributed by atoms with Gasteiger partial charge in [0, 0.05) is 24.8 Å². The van der Waals surface area contributed by atoms with Crippen molar-refractivity contribution >= 4 is 27.7 Å². The predicted molar refractivity (Wildman–Crippen MR) is 117 cm³/mol. The summed E-state index contributed by atoms with van der Waals surface area (Å²) in [5.41, 5.74) is 2.39. The van der Waals surface area contributed by atoms with E-state index in [4.69, 9.17) is 9.47 Å². The number of hydrogen-bond donors (Lipinski definition) is 1. The molecule has 1 fully saturated rings. The van der Waals surface area contributed by atoms with E-state index in [1.54, 1.807) is 10.9 Å². The van der Waals surface area contributed by atoms with E-state index in [1.807, 2.05) is 39.1 Å². The van der Waals surface area contributed by atoms with Gasteiger partial charge in [-0.3, -0.25) is 14.9 Å². The van der Waals surface area contributed by atoms with Gasteiger partial charge < -0.3 is 9.47 Å². The molecule has 0 atom stereocenters. The van der Waals surface area contributed by atoms with Gasteiger partial charge in [-0.2, -0.15) is 5.10 Å². The fraction of sp³-hybridized carbons (Fsp3) is 0.524. The first-order chi connectivity index (χ1) is 13.9. The summed E-state index contributed by atoms with van der Waals surface area (Å²) in [5.74, 6) is 0.758. The molecule has 1 aliphatic heterocycles. The number of ether oxygens (including phenoxy) is 2. The summed E-state index contributed by atoms with van der Waals surface area (Å²) in [6, 6.07) is 5.60. The van der Waals surface area contributed by atoms with E-state index in [9.17, 15) is 4.79 Å². The zero-order valence-corrected chi connectivity index (χ0v) is 18.9. The molecule has 7 nitrogen and oxygen atoms in total. The van der Waals surface area contributed by atoms with Gasteiger partial charge in [-0.15, -0.1) is 0 Å². The van der Waals surface area contributed by atoms with Crippen LogP contribution in [0.25, 0.3) is 11.3 Å². The number of likely N-dealkylation sites (tertiary alicyclic amines) is 1. The molecule has 0 unspecified atom stereocenters. The highest BCUT2D eigenvalue weighted by molar-refractivity contribution is 9.10. The molecule has 1 aromatic carbocycles. The molecule has 1 saturated heterocycles. The summed E-state index contributed by atoms with van der Waals surface area (Å²) in [4.78, 5) is 14.4. The topological polar surface area (TPSA) is 68.6 Å². The van der Waals surface area contributed by atoms with Crippen LogP contribution in [0.2, 0.25) is 0 Å². The second-order valence-electron chi connectivity index (χ2n) is 7.51. The minimum Gasteiger partial charge on any atom is -0.492 e. The van der Waals surface area contributed by atoms with Crippen LogP contribution in [0.1, 0.15) is 33.1 Å². The molecule has 0 spiro atoms. The van der Waals surface area contributed by atoms with Crippen molar-refractivity contribution < 1.29 is 14.3 Å². The number of aryl methyl sites for hydroxylation is 1. The molecule has 8 heteroatoms. The summed E-state index contributed by atoms with van der Waals surface area (Å²) < 4.78 is 14.0. The summed E-state index contributed by atoms with van der Waals surface area (Å²) in [7, 11) is 1.88. The van der Waals surface area contributed by atoms with Crippen LogP contribution in [0.3, 0.4) is 0 Å². The maximum Gasteiger partial charge on any atom is 0.411 e. The first-order valence-electron chi connectivity index (χ1n) is 10.1. The zero-order valence-electron chi connectivity index (χ0n) is 17.3. The molecule has 1 N–H and O–H groups in total. The third-order valence-electron chi connectivity index (χ3n) is 4.83. The van der Waals surface area contributed by atoms with Gasteiger partial charge in [0.25, 0.3) is 0 Å². The first-order valence-corrected chi connectivity index (χ1v) is 10.9. The minimum absolute atomic E-state index is 0.182. The number of carbonyl (C=O) groups excluding carboxylic acids is 1. The smallest absolute Gasteiger partial charge is 0.411 e. The molecule has 0 saturated carbocycles. The van der Waals surface area contributed by atoms with Crippen molar-refractivity contribution in [1.29, 1.82) is 0 Å². The Morgan fingerprint density at radius 1 is 1.28 bits per heavy atom. The first kappa shape index (κ1) is 21.6. The molecule has 0 aliphatic carbocycles. The fourth-order valence-electron chi connectivity index (χ4n) is 3.46. The number of halogens is 1. The van der Waals surface area contributed by atoms with Crippen molar-refractivity contribution in [3.63, 3.8) is 0 Å². The normalized spacial score (nSPS) is 14.8. The maximum absolute atomic E-state index is 12.0. The number of carbonyl (C=O) groups is 1. The Kier molecular flexibility index (Phi) is 7.55. The van der Waals surface area contributed by atoms with Gasteiger partial charge in [0.15, 0.2) is 0 Å². The minimum atomic E-state index is -0.478. The highest BCUT2D eigenvalue weighted by Crippen LogP contribution is 2.36. The molecule has 0 bridgehead atoms. The van der Waals surface area contributed by atoms with E-state index in [2.05, 4.69) is 31.2 Å². The summed E-state index contributed by atoms with van der Waals surface area (Å²) in [6.07, 6.45) is 4.94. The lowest BCUT2D eigenvalue weighted by Crippen LogP contribution is -2.33. The molecule has 29 heavy (non-hydrogen) atoms. The van der Waals surface area contributed by atoms with Crippen LogP contribution < -0.4 is 10.1 Å². The number of aromatic nitrogens is 2. The third kappa shape index (κ3) is 5.96. The largest absolute Gasteiger partial charge is 0.492 e. The molecular weight excluding hydrogens is 436 g/mol. The summed E-state index contributed by atoms with van der Waals surface area (Å²) in [5, 5.41) is 7.09. The lowest BCUT2D eigenvalue weighted by Gasteiger charge is -2.26. The van der Waals surface area contributed by atoms with Crippen molar-refractivity contribution in [3.8, 4) is 17.0 Å². The molecule has 3 rings (SSSR count). The number of benzene rings is 1. The number of rotatable bonds is 7. The predicted octanol–water partition coefficient (Wildman–Crippen LogP) is 4.67. The van der Waals surface area contributed by atoms with Crippen molar-refractivity contribution in [1.82, 2.24) is 14.7 Å². The van der Waals surface area contributed by atoms with Crippen molar-refractivity contribution in [2.75, 3.05) is 31.6 Å². The Hall–Kier alpha value is -2.06. The number of amides is 1. The van der Waals surface area contributed by atoms with E-state index < -0.39 is 6.09 Å². The second-order valence-corrected chi connectivity index (χ2v) is 8.36. The Balaban J connectivity index is 1.78. The van der Waals surface area contributed by atoms with Gasteiger partial charge >= 0.3 is 6.09 Å². The number of nitrogens with one attached hydrogen (secondary N) is 1. The molecule has 1 amide bonds. The molecule has 2 aromatic rings. The van der Waals surface area contributed by atoms with Crippen molar-refractivity contribution in [2.45, 2.75) is 39.2 Å². The molecule has 2 heterocycles. The van der Waals surface area contributed by atoms with Gasteiger partial charge in [0.05, 0.1) is 22.5 Å². The van der Waals surface area contributed by atoms with Gasteiger partial charge in [-0.25, -0.2) is 4.79 Å². The van der Waals surface area contributed by atoms with Crippen LogP contribution in [0.5, 0.6) is 5.75 Å². The van der Waals surface area contributed by atoms with Crippen molar-refractivity contribution in [2.24, 2.45) is 7.05 Å². The molecule has 0 radical (unpaired) electrons. The lowest BCUT2D eigenvalue weighted by molar-refractivity contribution is 0.130. The average Bonchev–Trinajstić information content (AvgIpc) is 3.01. The van der Waals surface area contributed by atoms with Gasteiger partial charge in [0.1, 0.15) is 12.4 Å². The zero-order chi connectivity index (χ0) is 20.8. The summed E-state index contributed by atoms with van der Waals surface area (Å²) >= 11 is 3.57.